The molecule has 1 amide bonds. The first-order valence-electron chi connectivity index (χ1n) is 5.50. The minimum atomic E-state index is -0.249. The highest BCUT2D eigenvalue weighted by molar-refractivity contribution is 6.01. The second-order valence-corrected chi connectivity index (χ2v) is 3.70. The molecule has 92 valence electrons. The van der Waals surface area contributed by atoms with Crippen molar-refractivity contribution in [1.82, 2.24) is 0 Å². The molecular formula is C14H13NO3. The van der Waals surface area contributed by atoms with E-state index in [1.807, 2.05) is 0 Å². The lowest BCUT2D eigenvalue weighted by Gasteiger charge is -2.03. The zero-order chi connectivity index (χ0) is 12.8. The van der Waals surface area contributed by atoms with Crippen molar-refractivity contribution < 1.29 is 14.3 Å². The summed E-state index contributed by atoms with van der Waals surface area (Å²) in [4.78, 5) is 11.6. The van der Waals surface area contributed by atoms with Crippen LogP contribution in [0.1, 0.15) is 11.3 Å². The summed E-state index contributed by atoms with van der Waals surface area (Å²) in [7, 11) is 0. The van der Waals surface area contributed by atoms with Crippen molar-refractivity contribution in [3.05, 3.63) is 60.1 Å². The normalized spacial score (nSPS) is 10.7. The van der Waals surface area contributed by atoms with Crippen LogP contribution in [0.2, 0.25) is 0 Å². The molecule has 2 aromatic rings. The van der Waals surface area contributed by atoms with E-state index in [0.717, 1.165) is 5.56 Å². The van der Waals surface area contributed by atoms with Gasteiger partial charge in [-0.2, -0.15) is 0 Å². The van der Waals surface area contributed by atoms with E-state index >= 15 is 0 Å². The second-order valence-electron chi connectivity index (χ2n) is 3.70. The molecule has 0 aliphatic heterocycles. The molecule has 4 heteroatoms. The molecule has 0 unspecified atom stereocenters. The number of amides is 1. The summed E-state index contributed by atoms with van der Waals surface area (Å²) in [6, 6.07) is 10.6. The van der Waals surface area contributed by atoms with Crippen LogP contribution in [0.3, 0.4) is 0 Å². The van der Waals surface area contributed by atoms with E-state index in [1.165, 1.54) is 6.08 Å². The van der Waals surface area contributed by atoms with Crippen molar-refractivity contribution in [2.45, 2.75) is 6.61 Å². The van der Waals surface area contributed by atoms with Crippen molar-refractivity contribution in [2.24, 2.45) is 0 Å². The molecular weight excluding hydrogens is 230 g/mol. The number of furan rings is 1. The van der Waals surface area contributed by atoms with Crippen LogP contribution in [0.25, 0.3) is 6.08 Å². The quantitative estimate of drug-likeness (QED) is 0.811. The summed E-state index contributed by atoms with van der Waals surface area (Å²) in [6.07, 6.45) is 4.53. The molecule has 0 aliphatic rings. The Morgan fingerprint density at radius 1 is 1.33 bits per heavy atom. The first-order valence-corrected chi connectivity index (χ1v) is 5.50. The van der Waals surface area contributed by atoms with Gasteiger partial charge in [-0.1, -0.05) is 12.1 Å². The van der Waals surface area contributed by atoms with Gasteiger partial charge in [0.05, 0.1) is 12.9 Å². The summed E-state index contributed by atoms with van der Waals surface area (Å²) in [5, 5.41) is 11.7. The van der Waals surface area contributed by atoms with Gasteiger partial charge in [-0.25, -0.2) is 0 Å². The first kappa shape index (κ1) is 12.1. The molecule has 0 saturated heterocycles. The predicted molar refractivity (Wildman–Crippen MR) is 68.7 cm³/mol. The number of carbonyl (C=O) groups excluding carboxylic acids is 1. The Morgan fingerprint density at radius 3 is 2.94 bits per heavy atom. The molecule has 0 bridgehead atoms. The Kier molecular flexibility index (Phi) is 3.94. The molecule has 2 N–H and O–H groups in total. The lowest BCUT2D eigenvalue weighted by Crippen LogP contribution is -2.07. The SMILES string of the molecule is O=C(/C=C/c1ccco1)Nc1cccc(CO)c1. The number of aliphatic hydroxyl groups is 1. The van der Waals surface area contributed by atoms with E-state index in [-0.39, 0.29) is 12.5 Å². The lowest BCUT2D eigenvalue weighted by atomic mass is 10.2. The number of carbonyl (C=O) groups is 1. The molecule has 0 saturated carbocycles. The van der Waals surface area contributed by atoms with E-state index in [9.17, 15) is 4.79 Å². The zero-order valence-electron chi connectivity index (χ0n) is 9.67. The van der Waals surface area contributed by atoms with E-state index in [4.69, 9.17) is 9.52 Å². The third-order valence-corrected chi connectivity index (χ3v) is 2.32. The summed E-state index contributed by atoms with van der Waals surface area (Å²) in [6.45, 7) is -0.0497. The van der Waals surface area contributed by atoms with Gasteiger partial charge in [0.2, 0.25) is 5.91 Å². The number of benzene rings is 1. The lowest BCUT2D eigenvalue weighted by molar-refractivity contribution is -0.111. The minimum absolute atomic E-state index is 0.0497. The largest absolute Gasteiger partial charge is 0.465 e. The fourth-order valence-corrected chi connectivity index (χ4v) is 1.48. The Morgan fingerprint density at radius 2 is 2.22 bits per heavy atom. The Labute approximate surface area is 105 Å². The molecule has 1 heterocycles. The number of hydrogen-bond acceptors (Lipinski definition) is 3. The predicted octanol–water partition coefficient (Wildman–Crippen LogP) is 2.42. The van der Waals surface area contributed by atoms with Crippen LogP contribution < -0.4 is 5.32 Å². The first-order chi connectivity index (χ1) is 8.78. The molecule has 0 aliphatic carbocycles. The topological polar surface area (TPSA) is 62.5 Å². The van der Waals surface area contributed by atoms with Crippen LogP contribution in [-0.4, -0.2) is 11.0 Å². The molecule has 0 fully saturated rings. The zero-order valence-corrected chi connectivity index (χ0v) is 9.67. The third-order valence-electron chi connectivity index (χ3n) is 2.32. The summed E-state index contributed by atoms with van der Waals surface area (Å²) in [5.41, 5.74) is 1.40. The summed E-state index contributed by atoms with van der Waals surface area (Å²) in [5.74, 6) is 0.371. The Bertz CT molecular complexity index is 544. The van der Waals surface area contributed by atoms with Crippen LogP contribution >= 0.6 is 0 Å². The highest BCUT2D eigenvalue weighted by Crippen LogP contribution is 2.11. The molecule has 1 aromatic heterocycles. The van der Waals surface area contributed by atoms with E-state index in [1.54, 1.807) is 48.7 Å². The van der Waals surface area contributed by atoms with Gasteiger partial charge in [0.15, 0.2) is 0 Å². The Balaban J connectivity index is 1.98. The maximum Gasteiger partial charge on any atom is 0.248 e. The highest BCUT2D eigenvalue weighted by atomic mass is 16.3. The van der Waals surface area contributed by atoms with Gasteiger partial charge in [-0.3, -0.25) is 4.79 Å². The van der Waals surface area contributed by atoms with E-state index in [0.29, 0.717) is 11.4 Å². The fourth-order valence-electron chi connectivity index (χ4n) is 1.48. The van der Waals surface area contributed by atoms with Gasteiger partial charge >= 0.3 is 0 Å². The highest BCUT2D eigenvalue weighted by Gasteiger charge is 1.99. The van der Waals surface area contributed by atoms with Gasteiger partial charge < -0.3 is 14.8 Å². The number of hydrogen-bond donors (Lipinski definition) is 2. The molecule has 4 nitrogen and oxygen atoms in total. The van der Waals surface area contributed by atoms with Crippen LogP contribution in [0.5, 0.6) is 0 Å². The minimum Gasteiger partial charge on any atom is -0.465 e. The number of rotatable bonds is 4. The molecule has 0 spiro atoms. The van der Waals surface area contributed by atoms with Crippen molar-refractivity contribution in [3.63, 3.8) is 0 Å². The van der Waals surface area contributed by atoms with E-state index < -0.39 is 0 Å². The maximum atomic E-state index is 11.6. The van der Waals surface area contributed by atoms with Gasteiger partial charge in [-0.15, -0.1) is 0 Å². The van der Waals surface area contributed by atoms with Crippen LogP contribution in [-0.2, 0) is 11.4 Å². The molecule has 0 atom stereocenters. The van der Waals surface area contributed by atoms with Crippen LogP contribution in [0.4, 0.5) is 5.69 Å². The average molecular weight is 243 g/mol. The molecule has 18 heavy (non-hydrogen) atoms. The third kappa shape index (κ3) is 3.33. The standard InChI is InChI=1S/C14H13NO3/c16-10-11-3-1-4-12(9-11)15-14(17)7-6-13-5-2-8-18-13/h1-9,16H,10H2,(H,15,17)/b7-6+. The van der Waals surface area contributed by atoms with Crippen molar-refractivity contribution in [3.8, 4) is 0 Å². The monoisotopic (exact) mass is 243 g/mol. The molecule has 2 rings (SSSR count). The number of aliphatic hydroxyl groups excluding tert-OH is 1. The van der Waals surface area contributed by atoms with Gasteiger partial charge in [0.1, 0.15) is 5.76 Å². The van der Waals surface area contributed by atoms with Crippen molar-refractivity contribution >= 4 is 17.7 Å². The number of nitrogens with one attached hydrogen (secondary N) is 1. The van der Waals surface area contributed by atoms with Gasteiger partial charge in [0, 0.05) is 11.8 Å². The Hall–Kier alpha value is -2.33. The van der Waals surface area contributed by atoms with Crippen molar-refractivity contribution in [2.75, 3.05) is 5.32 Å². The summed E-state index contributed by atoms with van der Waals surface area (Å²) >= 11 is 0. The average Bonchev–Trinajstić information content (AvgIpc) is 2.90. The van der Waals surface area contributed by atoms with Gasteiger partial charge in [-0.05, 0) is 35.9 Å². The van der Waals surface area contributed by atoms with Crippen LogP contribution in [0.15, 0.2) is 53.2 Å². The smallest absolute Gasteiger partial charge is 0.248 e. The maximum absolute atomic E-state index is 11.6. The van der Waals surface area contributed by atoms with Gasteiger partial charge in [0.25, 0.3) is 0 Å². The molecule has 0 radical (unpaired) electrons. The van der Waals surface area contributed by atoms with Crippen molar-refractivity contribution in [1.29, 1.82) is 0 Å². The van der Waals surface area contributed by atoms with E-state index in [2.05, 4.69) is 5.32 Å². The fraction of sp³-hybridized carbons (Fsp3) is 0.0714. The summed E-state index contributed by atoms with van der Waals surface area (Å²) < 4.78 is 5.07. The van der Waals surface area contributed by atoms with Crippen LogP contribution in [0, 0.1) is 0 Å². The molecule has 1 aromatic carbocycles. The number of anilines is 1. The second kappa shape index (κ2) is 5.84.